The first-order valence-corrected chi connectivity index (χ1v) is 6.58. The molecule has 0 aliphatic carbocycles. The summed E-state index contributed by atoms with van der Waals surface area (Å²) in [5.41, 5.74) is 2.98. The van der Waals surface area contributed by atoms with Crippen LogP contribution in [0.3, 0.4) is 0 Å². The summed E-state index contributed by atoms with van der Waals surface area (Å²) in [7, 11) is 0. The van der Waals surface area contributed by atoms with Gasteiger partial charge in [0.25, 0.3) is 0 Å². The van der Waals surface area contributed by atoms with Crippen LogP contribution in [0, 0.1) is 0 Å². The highest BCUT2D eigenvalue weighted by Crippen LogP contribution is 2.31. The van der Waals surface area contributed by atoms with Gasteiger partial charge in [-0.05, 0) is 11.1 Å². The molecule has 0 saturated carbocycles. The highest BCUT2D eigenvalue weighted by Gasteiger charge is 2.26. The molecule has 0 spiro atoms. The van der Waals surface area contributed by atoms with Crippen molar-refractivity contribution < 1.29 is 4.74 Å². The molecule has 1 aromatic carbocycles. The summed E-state index contributed by atoms with van der Waals surface area (Å²) < 4.78 is 5.20. The van der Waals surface area contributed by atoms with Gasteiger partial charge < -0.3 is 10.1 Å². The molecular formula is C12H15NOS. The molecule has 1 saturated heterocycles. The van der Waals surface area contributed by atoms with E-state index in [1.165, 1.54) is 16.9 Å². The van der Waals surface area contributed by atoms with Crippen LogP contribution >= 0.6 is 11.8 Å². The van der Waals surface area contributed by atoms with Gasteiger partial charge >= 0.3 is 0 Å². The van der Waals surface area contributed by atoms with Gasteiger partial charge in [0, 0.05) is 17.5 Å². The Balaban J connectivity index is 1.79. The van der Waals surface area contributed by atoms with Crippen molar-refractivity contribution in [1.29, 1.82) is 0 Å². The number of hydrogen-bond acceptors (Lipinski definition) is 3. The predicted octanol–water partition coefficient (Wildman–Crippen LogP) is 1.96. The van der Waals surface area contributed by atoms with Crippen LogP contribution in [0.4, 0.5) is 0 Å². The topological polar surface area (TPSA) is 21.3 Å². The van der Waals surface area contributed by atoms with E-state index >= 15 is 0 Å². The Bertz CT molecular complexity index is 351. The van der Waals surface area contributed by atoms with Gasteiger partial charge in [-0.2, -0.15) is 11.8 Å². The average Bonchev–Trinajstić information content (AvgIpc) is 2.23. The van der Waals surface area contributed by atoms with Crippen molar-refractivity contribution in [3.05, 3.63) is 35.4 Å². The third kappa shape index (κ3) is 1.92. The maximum absolute atomic E-state index is 5.20. The van der Waals surface area contributed by atoms with Crippen LogP contribution in [0.2, 0.25) is 0 Å². The minimum Gasteiger partial charge on any atom is -0.378 e. The zero-order chi connectivity index (χ0) is 10.1. The third-order valence-corrected chi connectivity index (χ3v) is 4.13. The molecule has 0 amide bonds. The van der Waals surface area contributed by atoms with E-state index in [0.29, 0.717) is 12.1 Å². The van der Waals surface area contributed by atoms with Gasteiger partial charge in [0.15, 0.2) is 0 Å². The molecule has 0 radical (unpaired) electrons. The molecule has 0 aromatic heterocycles. The summed E-state index contributed by atoms with van der Waals surface area (Å²) in [6.45, 7) is 1.76. The van der Waals surface area contributed by atoms with E-state index in [2.05, 4.69) is 29.6 Å². The lowest BCUT2D eigenvalue weighted by Crippen LogP contribution is -2.48. The molecule has 15 heavy (non-hydrogen) atoms. The fourth-order valence-corrected chi connectivity index (χ4v) is 3.25. The number of thioether (sulfide) groups is 1. The first-order chi connectivity index (χ1) is 7.43. The van der Waals surface area contributed by atoms with E-state index in [0.717, 1.165) is 19.0 Å². The monoisotopic (exact) mass is 221 g/mol. The molecule has 1 aromatic rings. The van der Waals surface area contributed by atoms with E-state index in [9.17, 15) is 0 Å². The molecule has 1 atom stereocenters. The molecular weight excluding hydrogens is 206 g/mol. The molecule has 1 fully saturated rings. The average molecular weight is 221 g/mol. The van der Waals surface area contributed by atoms with Crippen molar-refractivity contribution in [1.82, 2.24) is 5.32 Å². The van der Waals surface area contributed by atoms with Gasteiger partial charge in [0.1, 0.15) is 0 Å². The number of ether oxygens (including phenoxy) is 1. The van der Waals surface area contributed by atoms with Crippen LogP contribution in [0.1, 0.15) is 17.2 Å². The Kier molecular flexibility index (Phi) is 2.69. The molecule has 1 unspecified atom stereocenters. The van der Waals surface area contributed by atoms with Crippen LogP contribution in [0.5, 0.6) is 0 Å². The number of benzene rings is 1. The summed E-state index contributed by atoms with van der Waals surface area (Å²) in [5.74, 6) is 2.35. The van der Waals surface area contributed by atoms with Crippen molar-refractivity contribution in [2.75, 3.05) is 19.0 Å². The highest BCUT2D eigenvalue weighted by atomic mass is 32.2. The SMILES string of the molecule is c1ccc2c(c1)CSCC2NC1COC1. The van der Waals surface area contributed by atoms with E-state index < -0.39 is 0 Å². The molecule has 0 bridgehead atoms. The number of fused-ring (bicyclic) bond motifs is 1. The highest BCUT2D eigenvalue weighted by molar-refractivity contribution is 7.98. The summed E-state index contributed by atoms with van der Waals surface area (Å²) in [5, 5.41) is 3.67. The number of rotatable bonds is 2. The predicted molar refractivity (Wildman–Crippen MR) is 63.1 cm³/mol. The fourth-order valence-electron chi connectivity index (χ4n) is 2.14. The standard InChI is InChI=1S/C12H15NOS/c1-2-4-11-9(3-1)7-15-8-12(11)13-10-5-14-6-10/h1-4,10,12-13H,5-8H2. The smallest absolute Gasteiger partial charge is 0.0643 e. The molecule has 2 aliphatic rings. The summed E-state index contributed by atoms with van der Waals surface area (Å²) in [6, 6.07) is 9.87. The van der Waals surface area contributed by atoms with Crippen LogP contribution in [-0.2, 0) is 10.5 Å². The first-order valence-electron chi connectivity index (χ1n) is 5.43. The Hall–Kier alpha value is -0.510. The largest absolute Gasteiger partial charge is 0.378 e. The molecule has 1 N–H and O–H groups in total. The second-order valence-corrected chi connectivity index (χ2v) is 5.20. The quantitative estimate of drug-likeness (QED) is 0.825. The van der Waals surface area contributed by atoms with Gasteiger partial charge in [-0.15, -0.1) is 0 Å². The molecule has 80 valence electrons. The van der Waals surface area contributed by atoms with Crippen LogP contribution in [0.15, 0.2) is 24.3 Å². The van der Waals surface area contributed by atoms with E-state index in [-0.39, 0.29) is 0 Å². The Morgan fingerprint density at radius 3 is 2.93 bits per heavy atom. The molecule has 2 heterocycles. The van der Waals surface area contributed by atoms with Crippen molar-refractivity contribution in [3.8, 4) is 0 Å². The van der Waals surface area contributed by atoms with E-state index in [1.54, 1.807) is 0 Å². The fraction of sp³-hybridized carbons (Fsp3) is 0.500. The molecule has 3 heteroatoms. The minimum absolute atomic E-state index is 0.522. The van der Waals surface area contributed by atoms with E-state index in [1.807, 2.05) is 11.8 Å². The summed E-state index contributed by atoms with van der Waals surface area (Å²) in [4.78, 5) is 0. The van der Waals surface area contributed by atoms with Gasteiger partial charge in [-0.3, -0.25) is 0 Å². The molecule has 2 nitrogen and oxygen atoms in total. The van der Waals surface area contributed by atoms with Gasteiger partial charge in [0.05, 0.1) is 19.3 Å². The maximum Gasteiger partial charge on any atom is 0.0643 e. The third-order valence-electron chi connectivity index (χ3n) is 3.05. The summed E-state index contributed by atoms with van der Waals surface area (Å²) in [6.07, 6.45) is 0. The number of nitrogens with one attached hydrogen (secondary N) is 1. The Morgan fingerprint density at radius 1 is 1.27 bits per heavy atom. The normalized spacial score (nSPS) is 25.7. The lowest BCUT2D eigenvalue weighted by molar-refractivity contribution is -0.00910. The molecule has 2 aliphatic heterocycles. The lowest BCUT2D eigenvalue weighted by Gasteiger charge is -2.34. The summed E-state index contributed by atoms with van der Waals surface area (Å²) >= 11 is 2.02. The maximum atomic E-state index is 5.20. The lowest BCUT2D eigenvalue weighted by atomic mass is 10.0. The number of hydrogen-bond donors (Lipinski definition) is 1. The van der Waals surface area contributed by atoms with Crippen molar-refractivity contribution in [2.24, 2.45) is 0 Å². The first kappa shape index (κ1) is 9.70. The van der Waals surface area contributed by atoms with Gasteiger partial charge in [0.2, 0.25) is 0 Å². The second kappa shape index (κ2) is 4.16. The van der Waals surface area contributed by atoms with Crippen molar-refractivity contribution in [2.45, 2.75) is 17.8 Å². The van der Waals surface area contributed by atoms with Crippen LogP contribution in [-0.4, -0.2) is 25.0 Å². The van der Waals surface area contributed by atoms with E-state index in [4.69, 9.17) is 4.74 Å². The van der Waals surface area contributed by atoms with Gasteiger partial charge in [-0.1, -0.05) is 24.3 Å². The van der Waals surface area contributed by atoms with Crippen LogP contribution < -0.4 is 5.32 Å². The zero-order valence-corrected chi connectivity index (χ0v) is 9.43. The van der Waals surface area contributed by atoms with Crippen LogP contribution in [0.25, 0.3) is 0 Å². The molecule has 3 rings (SSSR count). The minimum atomic E-state index is 0.522. The Labute approximate surface area is 94.4 Å². The second-order valence-electron chi connectivity index (χ2n) is 4.17. The van der Waals surface area contributed by atoms with Crippen molar-refractivity contribution >= 4 is 11.8 Å². The Morgan fingerprint density at radius 2 is 2.13 bits per heavy atom. The van der Waals surface area contributed by atoms with Gasteiger partial charge in [-0.25, -0.2) is 0 Å². The van der Waals surface area contributed by atoms with Crippen molar-refractivity contribution in [3.63, 3.8) is 0 Å². The zero-order valence-electron chi connectivity index (χ0n) is 8.61.